The zero-order valence-corrected chi connectivity index (χ0v) is 9.74. The molecule has 2 aromatic rings. The van der Waals surface area contributed by atoms with Crippen molar-refractivity contribution < 1.29 is 14.6 Å². The molecule has 1 aliphatic rings. The van der Waals surface area contributed by atoms with Crippen molar-refractivity contribution in [3.05, 3.63) is 42.5 Å². The van der Waals surface area contributed by atoms with Gasteiger partial charge in [-0.05, 0) is 22.9 Å². The van der Waals surface area contributed by atoms with Crippen LogP contribution in [0.3, 0.4) is 0 Å². The highest BCUT2D eigenvalue weighted by atomic mass is 16.5. The number of amides is 1. The molecule has 1 saturated heterocycles. The van der Waals surface area contributed by atoms with Gasteiger partial charge in [-0.1, -0.05) is 30.3 Å². The number of benzene rings is 2. The van der Waals surface area contributed by atoms with Gasteiger partial charge in [0, 0.05) is 5.69 Å². The summed E-state index contributed by atoms with van der Waals surface area (Å²) < 4.78 is 5.22. The van der Waals surface area contributed by atoms with Crippen LogP contribution in [-0.2, 0) is 9.53 Å². The standard InChI is InChI=1S/C14H13NO3/c16-8-13-14(17)15(9-18-13)12-6-5-10-3-1-2-4-11(10)7-12/h1-7,13,16H,8-9H2. The summed E-state index contributed by atoms with van der Waals surface area (Å²) in [4.78, 5) is 13.5. The lowest BCUT2D eigenvalue weighted by Gasteiger charge is -2.14. The first-order valence-electron chi connectivity index (χ1n) is 5.82. The van der Waals surface area contributed by atoms with E-state index in [1.165, 1.54) is 0 Å². The average molecular weight is 243 g/mol. The van der Waals surface area contributed by atoms with E-state index >= 15 is 0 Å². The number of hydrogen-bond donors (Lipinski definition) is 1. The van der Waals surface area contributed by atoms with Crippen molar-refractivity contribution in [2.45, 2.75) is 6.10 Å². The minimum absolute atomic E-state index is 0.187. The molecule has 1 atom stereocenters. The van der Waals surface area contributed by atoms with Crippen LogP contribution in [0.25, 0.3) is 10.8 Å². The highest BCUT2D eigenvalue weighted by Crippen LogP contribution is 2.25. The number of aliphatic hydroxyl groups excluding tert-OH is 1. The molecule has 0 saturated carbocycles. The summed E-state index contributed by atoms with van der Waals surface area (Å²) in [7, 11) is 0. The van der Waals surface area contributed by atoms with Gasteiger partial charge in [-0.2, -0.15) is 0 Å². The molecule has 1 unspecified atom stereocenters. The third-order valence-corrected chi connectivity index (χ3v) is 3.16. The Morgan fingerprint density at radius 2 is 2.00 bits per heavy atom. The van der Waals surface area contributed by atoms with Gasteiger partial charge >= 0.3 is 0 Å². The second-order valence-electron chi connectivity index (χ2n) is 4.26. The second-order valence-corrected chi connectivity index (χ2v) is 4.26. The molecule has 0 aliphatic carbocycles. The first-order chi connectivity index (χ1) is 8.79. The molecule has 1 aliphatic heterocycles. The van der Waals surface area contributed by atoms with Gasteiger partial charge in [0.15, 0.2) is 6.10 Å². The van der Waals surface area contributed by atoms with Crippen LogP contribution in [0.1, 0.15) is 0 Å². The Hall–Kier alpha value is -1.91. The minimum atomic E-state index is -0.725. The predicted octanol–water partition coefficient (Wildman–Crippen LogP) is 1.52. The summed E-state index contributed by atoms with van der Waals surface area (Å²) >= 11 is 0. The summed E-state index contributed by atoms with van der Waals surface area (Å²) in [6.45, 7) is -0.0781. The van der Waals surface area contributed by atoms with Crippen LogP contribution in [0.4, 0.5) is 5.69 Å². The van der Waals surface area contributed by atoms with E-state index in [0.29, 0.717) is 0 Å². The molecule has 1 heterocycles. The first kappa shape index (κ1) is 11.2. The van der Waals surface area contributed by atoms with E-state index < -0.39 is 6.10 Å². The molecule has 2 aromatic carbocycles. The maximum Gasteiger partial charge on any atom is 0.260 e. The monoisotopic (exact) mass is 243 g/mol. The first-order valence-corrected chi connectivity index (χ1v) is 5.82. The molecule has 1 amide bonds. The Morgan fingerprint density at radius 1 is 1.22 bits per heavy atom. The van der Waals surface area contributed by atoms with Gasteiger partial charge < -0.3 is 9.84 Å². The topological polar surface area (TPSA) is 49.8 Å². The second kappa shape index (κ2) is 4.40. The molecule has 92 valence electrons. The number of anilines is 1. The summed E-state index contributed by atoms with van der Waals surface area (Å²) in [6, 6.07) is 13.8. The SMILES string of the molecule is O=C1C(CO)OCN1c1ccc2ccccc2c1. The molecule has 0 bridgehead atoms. The number of hydrogen-bond acceptors (Lipinski definition) is 3. The van der Waals surface area contributed by atoms with Crippen molar-refractivity contribution >= 4 is 22.4 Å². The van der Waals surface area contributed by atoms with Crippen LogP contribution in [0.2, 0.25) is 0 Å². The Morgan fingerprint density at radius 3 is 2.72 bits per heavy atom. The number of ether oxygens (including phenoxy) is 1. The third kappa shape index (κ3) is 1.75. The summed E-state index contributed by atoms with van der Waals surface area (Å²) in [5, 5.41) is 11.2. The molecular formula is C14H13NO3. The normalized spacial score (nSPS) is 19.7. The van der Waals surface area contributed by atoms with Crippen molar-refractivity contribution in [3.8, 4) is 0 Å². The van der Waals surface area contributed by atoms with E-state index in [4.69, 9.17) is 9.84 Å². The average Bonchev–Trinajstić information content (AvgIpc) is 2.79. The van der Waals surface area contributed by atoms with Crippen LogP contribution < -0.4 is 4.90 Å². The van der Waals surface area contributed by atoms with Gasteiger partial charge in [0.25, 0.3) is 5.91 Å². The fourth-order valence-electron chi connectivity index (χ4n) is 2.15. The highest BCUT2D eigenvalue weighted by molar-refractivity contribution is 6.00. The molecule has 0 aromatic heterocycles. The highest BCUT2D eigenvalue weighted by Gasteiger charge is 2.32. The third-order valence-electron chi connectivity index (χ3n) is 3.16. The molecule has 1 N–H and O–H groups in total. The van der Waals surface area contributed by atoms with Crippen LogP contribution in [-0.4, -0.2) is 30.5 Å². The maximum absolute atomic E-state index is 11.9. The number of carbonyl (C=O) groups excluding carboxylic acids is 1. The van der Waals surface area contributed by atoms with Gasteiger partial charge in [-0.3, -0.25) is 9.69 Å². The number of carbonyl (C=O) groups is 1. The minimum Gasteiger partial charge on any atom is -0.393 e. The summed E-state index contributed by atoms with van der Waals surface area (Å²) in [5.74, 6) is -0.187. The Bertz CT molecular complexity index is 596. The molecule has 18 heavy (non-hydrogen) atoms. The lowest BCUT2D eigenvalue weighted by molar-refractivity contribution is -0.123. The van der Waals surface area contributed by atoms with Crippen LogP contribution in [0.5, 0.6) is 0 Å². The van der Waals surface area contributed by atoms with Crippen molar-refractivity contribution in [2.24, 2.45) is 0 Å². The number of nitrogens with zero attached hydrogens (tertiary/aromatic N) is 1. The quantitative estimate of drug-likeness (QED) is 0.870. The van der Waals surface area contributed by atoms with Gasteiger partial charge in [0.05, 0.1) is 6.61 Å². The fourth-order valence-corrected chi connectivity index (χ4v) is 2.15. The fraction of sp³-hybridized carbons (Fsp3) is 0.214. The largest absolute Gasteiger partial charge is 0.393 e. The van der Waals surface area contributed by atoms with Gasteiger partial charge in [0.2, 0.25) is 0 Å². The van der Waals surface area contributed by atoms with Gasteiger partial charge in [0.1, 0.15) is 6.73 Å². The Labute approximate surface area is 104 Å². The lowest BCUT2D eigenvalue weighted by atomic mass is 10.1. The molecule has 3 rings (SSSR count). The zero-order valence-electron chi connectivity index (χ0n) is 9.74. The van der Waals surface area contributed by atoms with E-state index in [-0.39, 0.29) is 19.2 Å². The molecule has 0 spiro atoms. The van der Waals surface area contributed by atoms with Crippen LogP contribution >= 0.6 is 0 Å². The van der Waals surface area contributed by atoms with Gasteiger partial charge in [-0.25, -0.2) is 0 Å². The van der Waals surface area contributed by atoms with E-state index in [1.54, 1.807) is 4.90 Å². The van der Waals surface area contributed by atoms with E-state index in [1.807, 2.05) is 42.5 Å². The Kier molecular flexibility index (Phi) is 2.74. The van der Waals surface area contributed by atoms with Crippen molar-refractivity contribution in [1.29, 1.82) is 0 Å². The molecule has 4 nitrogen and oxygen atoms in total. The van der Waals surface area contributed by atoms with Crippen molar-refractivity contribution in [2.75, 3.05) is 18.2 Å². The predicted molar refractivity (Wildman–Crippen MR) is 68.3 cm³/mol. The van der Waals surface area contributed by atoms with Crippen LogP contribution in [0.15, 0.2) is 42.5 Å². The molecule has 1 fully saturated rings. The van der Waals surface area contributed by atoms with Gasteiger partial charge in [-0.15, -0.1) is 0 Å². The lowest BCUT2D eigenvalue weighted by Crippen LogP contribution is -2.31. The maximum atomic E-state index is 11.9. The molecule has 0 radical (unpaired) electrons. The smallest absolute Gasteiger partial charge is 0.260 e. The number of rotatable bonds is 2. The van der Waals surface area contributed by atoms with Crippen molar-refractivity contribution in [1.82, 2.24) is 0 Å². The van der Waals surface area contributed by atoms with Crippen LogP contribution in [0, 0.1) is 0 Å². The number of fused-ring (bicyclic) bond motifs is 1. The van der Waals surface area contributed by atoms with E-state index in [9.17, 15) is 4.79 Å². The Balaban J connectivity index is 1.98. The van der Waals surface area contributed by atoms with Crippen molar-refractivity contribution in [3.63, 3.8) is 0 Å². The number of aliphatic hydroxyl groups is 1. The summed E-state index contributed by atoms with van der Waals surface area (Å²) in [5.41, 5.74) is 0.801. The van der Waals surface area contributed by atoms with E-state index in [2.05, 4.69) is 0 Å². The summed E-state index contributed by atoms with van der Waals surface area (Å²) in [6.07, 6.45) is -0.725. The molecule has 4 heteroatoms. The zero-order chi connectivity index (χ0) is 12.5. The van der Waals surface area contributed by atoms with E-state index in [0.717, 1.165) is 16.5 Å². The molecular weight excluding hydrogens is 230 g/mol.